The third-order valence-electron chi connectivity index (χ3n) is 5.17. The van der Waals surface area contributed by atoms with E-state index in [1.807, 2.05) is 24.3 Å². The van der Waals surface area contributed by atoms with Crippen LogP contribution in [-0.4, -0.2) is 58.6 Å². The van der Waals surface area contributed by atoms with Crippen LogP contribution in [0.15, 0.2) is 53.7 Å². The average Bonchev–Trinajstić information content (AvgIpc) is 3.24. The van der Waals surface area contributed by atoms with Crippen molar-refractivity contribution in [2.75, 3.05) is 25.3 Å². The maximum atomic E-state index is 12.6. The largest absolute Gasteiger partial charge is 0.497 e. The molecule has 35 heavy (non-hydrogen) atoms. The Labute approximate surface area is 205 Å². The van der Waals surface area contributed by atoms with E-state index in [-0.39, 0.29) is 30.4 Å². The van der Waals surface area contributed by atoms with Crippen LogP contribution in [0.5, 0.6) is 11.5 Å². The number of anilines is 1. The normalized spacial score (nSPS) is 15.2. The summed E-state index contributed by atoms with van der Waals surface area (Å²) in [5.41, 5.74) is 1.38. The third-order valence-corrected chi connectivity index (χ3v) is 6.10. The molecule has 1 saturated heterocycles. The number of aromatic nitrogens is 3. The van der Waals surface area contributed by atoms with Crippen LogP contribution in [-0.2, 0) is 16.0 Å². The van der Waals surface area contributed by atoms with Gasteiger partial charge in [0.2, 0.25) is 11.8 Å². The molecule has 0 saturated carbocycles. The molecule has 1 aliphatic heterocycles. The maximum absolute atomic E-state index is 12.6. The number of hydrogen-bond donors (Lipinski definition) is 3. The molecular formula is C23H24N6O5S. The highest BCUT2D eigenvalue weighted by atomic mass is 32.2. The van der Waals surface area contributed by atoms with Gasteiger partial charge in [-0.2, -0.15) is 0 Å². The Morgan fingerprint density at radius 1 is 1.11 bits per heavy atom. The second-order valence-electron chi connectivity index (χ2n) is 7.63. The lowest BCUT2D eigenvalue weighted by Gasteiger charge is -2.23. The van der Waals surface area contributed by atoms with Gasteiger partial charge in [0.1, 0.15) is 17.3 Å². The van der Waals surface area contributed by atoms with E-state index < -0.39 is 12.1 Å². The zero-order valence-corrected chi connectivity index (χ0v) is 19.9. The fourth-order valence-electron chi connectivity index (χ4n) is 3.55. The van der Waals surface area contributed by atoms with Gasteiger partial charge < -0.3 is 20.1 Å². The molecule has 2 heterocycles. The quantitative estimate of drug-likeness (QED) is 0.384. The van der Waals surface area contributed by atoms with Gasteiger partial charge in [-0.3, -0.25) is 19.5 Å². The Morgan fingerprint density at radius 3 is 2.60 bits per heavy atom. The molecule has 1 aliphatic rings. The predicted octanol–water partition coefficient (Wildman–Crippen LogP) is 2.16. The number of nitrogens with zero attached hydrogens (tertiary/aromatic N) is 3. The molecule has 3 N–H and O–H groups in total. The molecule has 4 amide bonds. The van der Waals surface area contributed by atoms with Crippen molar-refractivity contribution >= 4 is 35.3 Å². The molecule has 2 aromatic carbocycles. The minimum absolute atomic E-state index is 0.0939. The van der Waals surface area contributed by atoms with Gasteiger partial charge in [0.05, 0.1) is 25.7 Å². The van der Waals surface area contributed by atoms with Gasteiger partial charge in [0, 0.05) is 30.6 Å². The number of amides is 4. The number of hydrogen-bond acceptors (Lipinski definition) is 8. The second-order valence-corrected chi connectivity index (χ2v) is 8.57. The number of nitrogens with one attached hydrogen (secondary N) is 3. The molecule has 182 valence electrons. The van der Waals surface area contributed by atoms with Crippen LogP contribution in [0.25, 0.3) is 5.69 Å². The van der Waals surface area contributed by atoms with Crippen molar-refractivity contribution in [1.29, 1.82) is 0 Å². The first-order valence-electron chi connectivity index (χ1n) is 10.7. The van der Waals surface area contributed by atoms with Gasteiger partial charge in [-0.15, -0.1) is 10.2 Å². The van der Waals surface area contributed by atoms with Crippen LogP contribution < -0.4 is 25.4 Å². The first-order valence-corrected chi connectivity index (χ1v) is 11.7. The van der Waals surface area contributed by atoms with Crippen molar-refractivity contribution in [1.82, 2.24) is 25.4 Å². The molecule has 0 bridgehead atoms. The summed E-state index contributed by atoms with van der Waals surface area (Å²) in [6.07, 6.45) is 0.408. The number of rotatable bonds is 9. The number of imide groups is 1. The maximum Gasteiger partial charge on any atom is 0.321 e. The van der Waals surface area contributed by atoms with Gasteiger partial charge >= 0.3 is 6.03 Å². The molecule has 1 unspecified atom stereocenters. The summed E-state index contributed by atoms with van der Waals surface area (Å²) in [7, 11) is 3.15. The minimum atomic E-state index is -0.538. The number of thioether (sulfide) groups is 1. The molecule has 4 rings (SSSR count). The zero-order valence-electron chi connectivity index (χ0n) is 19.1. The lowest BCUT2D eigenvalue weighted by atomic mass is 10.1. The molecule has 1 atom stereocenters. The topological polar surface area (TPSA) is 136 Å². The van der Waals surface area contributed by atoms with E-state index in [0.717, 1.165) is 5.69 Å². The van der Waals surface area contributed by atoms with Crippen molar-refractivity contribution in [3.63, 3.8) is 0 Å². The van der Waals surface area contributed by atoms with Crippen LogP contribution in [0.2, 0.25) is 0 Å². The fraction of sp³-hybridized carbons (Fsp3) is 0.261. The number of benzene rings is 2. The summed E-state index contributed by atoms with van der Waals surface area (Å²) < 4.78 is 12.3. The molecule has 1 aromatic heterocycles. The highest BCUT2D eigenvalue weighted by molar-refractivity contribution is 7.99. The lowest BCUT2D eigenvalue weighted by Crippen LogP contribution is -2.53. The monoisotopic (exact) mass is 496 g/mol. The van der Waals surface area contributed by atoms with Crippen LogP contribution >= 0.6 is 11.8 Å². The summed E-state index contributed by atoms with van der Waals surface area (Å²) >= 11 is 1.22. The summed E-state index contributed by atoms with van der Waals surface area (Å²) in [5, 5.41) is 16.9. The fourth-order valence-corrected chi connectivity index (χ4v) is 4.32. The van der Waals surface area contributed by atoms with Crippen molar-refractivity contribution in [3.05, 3.63) is 54.4 Å². The number of ether oxygens (including phenoxy) is 2. The van der Waals surface area contributed by atoms with Crippen LogP contribution in [0.4, 0.5) is 10.5 Å². The van der Waals surface area contributed by atoms with Crippen LogP contribution in [0, 0.1) is 0 Å². The van der Waals surface area contributed by atoms with E-state index in [4.69, 9.17) is 9.47 Å². The van der Waals surface area contributed by atoms with Crippen LogP contribution in [0.1, 0.15) is 12.2 Å². The van der Waals surface area contributed by atoms with E-state index in [2.05, 4.69) is 26.1 Å². The number of urea groups is 1. The molecule has 12 heteroatoms. The summed E-state index contributed by atoms with van der Waals surface area (Å²) in [6.45, 7) is 0. The molecular weight excluding hydrogens is 472 g/mol. The molecule has 0 spiro atoms. The highest BCUT2D eigenvalue weighted by Crippen LogP contribution is 2.26. The Balaban J connectivity index is 1.53. The SMILES string of the molecule is COc1ccc(NC(=O)CSc2nnc(CC3CC(=O)NC(=O)N3)n2-c2cccc(OC)c2)cc1. The van der Waals surface area contributed by atoms with Crippen molar-refractivity contribution in [2.45, 2.75) is 24.0 Å². The first-order chi connectivity index (χ1) is 16.9. The Kier molecular flexibility index (Phi) is 7.51. The minimum Gasteiger partial charge on any atom is -0.497 e. The van der Waals surface area contributed by atoms with E-state index >= 15 is 0 Å². The number of carbonyl (C=O) groups excluding carboxylic acids is 3. The molecule has 0 radical (unpaired) electrons. The molecule has 1 fully saturated rings. The van der Waals surface area contributed by atoms with E-state index in [9.17, 15) is 14.4 Å². The van der Waals surface area contributed by atoms with Gasteiger partial charge in [-0.1, -0.05) is 17.8 Å². The predicted molar refractivity (Wildman–Crippen MR) is 129 cm³/mol. The van der Waals surface area contributed by atoms with E-state index in [0.29, 0.717) is 28.2 Å². The number of carbonyl (C=O) groups is 3. The van der Waals surface area contributed by atoms with Crippen LogP contribution in [0.3, 0.4) is 0 Å². The third kappa shape index (κ3) is 6.09. The van der Waals surface area contributed by atoms with E-state index in [1.54, 1.807) is 43.1 Å². The Bertz CT molecular complexity index is 1210. The summed E-state index contributed by atoms with van der Waals surface area (Å²) in [6, 6.07) is 13.4. The smallest absolute Gasteiger partial charge is 0.321 e. The van der Waals surface area contributed by atoms with Crippen molar-refractivity contribution in [2.24, 2.45) is 0 Å². The summed E-state index contributed by atoms with van der Waals surface area (Å²) in [4.78, 5) is 36.1. The standard InChI is InChI=1S/C23H24N6O5S/c1-33-17-8-6-14(7-9-17)24-21(31)13-35-23-28-27-19(10-15-11-20(30)26-22(32)25-15)29(23)16-4-3-5-18(12-16)34-2/h3-9,12,15H,10-11,13H2,1-2H3,(H,24,31)(H2,25,26,30,32). The summed E-state index contributed by atoms with van der Waals surface area (Å²) in [5.74, 6) is 1.41. The number of methoxy groups -OCH3 is 2. The van der Waals surface area contributed by atoms with Gasteiger partial charge in [-0.25, -0.2) is 4.79 Å². The molecule has 11 nitrogen and oxygen atoms in total. The zero-order chi connectivity index (χ0) is 24.8. The molecule has 0 aliphatic carbocycles. The first kappa shape index (κ1) is 24.1. The van der Waals surface area contributed by atoms with Gasteiger partial charge in [-0.05, 0) is 36.4 Å². The van der Waals surface area contributed by atoms with Crippen molar-refractivity contribution < 1.29 is 23.9 Å². The van der Waals surface area contributed by atoms with Gasteiger partial charge in [0.25, 0.3) is 0 Å². The highest BCUT2D eigenvalue weighted by Gasteiger charge is 2.27. The second kappa shape index (κ2) is 10.9. The average molecular weight is 497 g/mol. The van der Waals surface area contributed by atoms with E-state index in [1.165, 1.54) is 11.8 Å². The van der Waals surface area contributed by atoms with Crippen molar-refractivity contribution in [3.8, 4) is 17.2 Å². The molecule has 3 aromatic rings. The Hall–Kier alpha value is -4.06. The van der Waals surface area contributed by atoms with Gasteiger partial charge in [0.15, 0.2) is 5.16 Å². The Morgan fingerprint density at radius 2 is 1.89 bits per heavy atom. The lowest BCUT2D eigenvalue weighted by molar-refractivity contribution is -0.121.